The van der Waals surface area contributed by atoms with Crippen LogP contribution in [0.15, 0.2) is 39.2 Å². The number of nitrogens with zero attached hydrogens (tertiary/aromatic N) is 3. The maximum Gasteiger partial charge on any atom is 0.409 e. The van der Waals surface area contributed by atoms with Gasteiger partial charge in [0.1, 0.15) is 30.8 Å². The lowest BCUT2D eigenvalue weighted by molar-refractivity contribution is -0.150. The maximum absolute atomic E-state index is 12.7. The highest BCUT2D eigenvalue weighted by atomic mass is 32.2. The number of thioether (sulfide) groups is 1. The van der Waals surface area contributed by atoms with Gasteiger partial charge in [0.05, 0.1) is 6.26 Å². The van der Waals surface area contributed by atoms with Gasteiger partial charge in [-0.3, -0.25) is 14.5 Å². The van der Waals surface area contributed by atoms with Crippen LogP contribution in [0.3, 0.4) is 0 Å². The molecule has 2 aliphatic rings. The van der Waals surface area contributed by atoms with Crippen LogP contribution in [0.25, 0.3) is 0 Å². The second-order valence-corrected chi connectivity index (χ2v) is 7.77. The van der Waals surface area contributed by atoms with Crippen molar-refractivity contribution < 1.29 is 38.3 Å². The van der Waals surface area contributed by atoms with Crippen molar-refractivity contribution in [2.75, 3.05) is 33.6 Å². The molecular weight excluding hydrogens is 432 g/mol. The van der Waals surface area contributed by atoms with E-state index in [1.165, 1.54) is 50.2 Å². The summed E-state index contributed by atoms with van der Waals surface area (Å²) < 4.78 is 10.2. The van der Waals surface area contributed by atoms with Gasteiger partial charge in [-0.15, -0.1) is 11.8 Å². The van der Waals surface area contributed by atoms with Gasteiger partial charge in [-0.05, 0) is 12.1 Å². The first-order valence-corrected chi connectivity index (χ1v) is 10.0. The monoisotopic (exact) mass is 452 g/mol. The van der Waals surface area contributed by atoms with Crippen molar-refractivity contribution in [1.82, 2.24) is 15.1 Å². The molecule has 166 valence electrons. The summed E-state index contributed by atoms with van der Waals surface area (Å²) in [6.45, 7) is -0.262. The number of carboxylic acid groups (broad SMARTS) is 1. The molecule has 2 atom stereocenters. The van der Waals surface area contributed by atoms with Gasteiger partial charge >= 0.3 is 12.1 Å². The number of β-lactam (4-membered cyclic amide) rings is 1. The molecule has 0 radical (unpaired) electrons. The molecule has 13 heteroatoms. The van der Waals surface area contributed by atoms with Crippen LogP contribution in [-0.2, 0) is 24.0 Å². The normalized spacial score (nSPS) is 20.5. The summed E-state index contributed by atoms with van der Waals surface area (Å²) in [6.07, 6.45) is 0.725. The second-order valence-electron chi connectivity index (χ2n) is 6.67. The molecule has 12 nitrogen and oxygen atoms in total. The van der Waals surface area contributed by atoms with Crippen LogP contribution in [0, 0.1) is 0 Å². The molecule has 3 amide bonds. The average Bonchev–Trinajstić information content (AvgIpc) is 3.27. The third kappa shape index (κ3) is 4.35. The van der Waals surface area contributed by atoms with E-state index in [1.54, 1.807) is 6.07 Å². The molecule has 0 spiro atoms. The lowest BCUT2D eigenvalue weighted by Gasteiger charge is -2.49. The number of carboxylic acids is 1. The van der Waals surface area contributed by atoms with E-state index in [4.69, 9.17) is 9.15 Å². The quantitative estimate of drug-likeness (QED) is 0.333. The van der Waals surface area contributed by atoms with Gasteiger partial charge in [0.2, 0.25) is 5.71 Å². The standard InChI is InChI=1S/C18H20N4O8S/c1-21(2)18(27)30-7-9-8-31-16-12(15(24)22(16)13(9)17(25)26)19-14(23)11(20-28-3)10-5-4-6-29-10/h4-6,12,16H,7-8H2,1-3H3,(H,19,23)(H,25,26)/b20-11+/t12-,16-/m1/s1. The maximum atomic E-state index is 12.7. The van der Waals surface area contributed by atoms with Gasteiger partial charge in [-0.25, -0.2) is 9.59 Å². The van der Waals surface area contributed by atoms with Crippen molar-refractivity contribution in [3.63, 3.8) is 0 Å². The highest BCUT2D eigenvalue weighted by Crippen LogP contribution is 2.40. The number of carbonyl (C=O) groups excluding carboxylic acids is 3. The summed E-state index contributed by atoms with van der Waals surface area (Å²) >= 11 is 1.25. The summed E-state index contributed by atoms with van der Waals surface area (Å²) in [7, 11) is 4.26. The number of nitrogens with one attached hydrogen (secondary N) is 1. The van der Waals surface area contributed by atoms with Crippen LogP contribution in [0.5, 0.6) is 0 Å². The summed E-state index contributed by atoms with van der Waals surface area (Å²) in [5.41, 5.74) is -0.119. The first kappa shape index (κ1) is 22.2. The number of amides is 3. The number of carbonyl (C=O) groups is 4. The molecule has 3 rings (SSSR count). The average molecular weight is 452 g/mol. The Morgan fingerprint density at radius 2 is 2.16 bits per heavy atom. The number of rotatable bonds is 7. The fraction of sp³-hybridized carbons (Fsp3) is 0.389. The Balaban J connectivity index is 1.75. The van der Waals surface area contributed by atoms with Gasteiger partial charge < -0.3 is 29.3 Å². The number of fused-ring (bicyclic) bond motifs is 1. The zero-order valence-corrected chi connectivity index (χ0v) is 17.7. The Hall–Kier alpha value is -3.48. The molecule has 1 fully saturated rings. The molecule has 2 aliphatic heterocycles. The van der Waals surface area contributed by atoms with Gasteiger partial charge in [-0.1, -0.05) is 5.16 Å². The summed E-state index contributed by atoms with van der Waals surface area (Å²) in [5.74, 6) is -2.27. The van der Waals surface area contributed by atoms with Crippen LogP contribution >= 0.6 is 11.8 Å². The molecule has 1 aromatic rings. The van der Waals surface area contributed by atoms with Gasteiger partial charge in [-0.2, -0.15) is 0 Å². The van der Waals surface area contributed by atoms with Crippen LogP contribution < -0.4 is 5.32 Å². The van der Waals surface area contributed by atoms with Crippen molar-refractivity contribution in [1.29, 1.82) is 0 Å². The Labute approximate surface area is 180 Å². The fourth-order valence-electron chi connectivity index (χ4n) is 2.98. The molecule has 0 aliphatic carbocycles. The minimum Gasteiger partial charge on any atom is -0.477 e. The molecule has 31 heavy (non-hydrogen) atoms. The van der Waals surface area contributed by atoms with Crippen molar-refractivity contribution in [3.8, 4) is 0 Å². The van der Waals surface area contributed by atoms with E-state index in [9.17, 15) is 24.3 Å². The molecule has 0 aromatic carbocycles. The van der Waals surface area contributed by atoms with Gasteiger partial charge in [0.15, 0.2) is 5.76 Å². The number of furan rings is 1. The third-order valence-corrected chi connectivity index (χ3v) is 5.76. The zero-order chi connectivity index (χ0) is 22.7. The summed E-state index contributed by atoms with van der Waals surface area (Å²) in [4.78, 5) is 55.7. The summed E-state index contributed by atoms with van der Waals surface area (Å²) in [6, 6.07) is 2.11. The van der Waals surface area contributed by atoms with E-state index < -0.39 is 35.3 Å². The number of hydrogen-bond acceptors (Lipinski definition) is 9. The van der Waals surface area contributed by atoms with Crippen molar-refractivity contribution in [2.24, 2.45) is 5.16 Å². The van der Waals surface area contributed by atoms with Crippen molar-refractivity contribution in [2.45, 2.75) is 11.4 Å². The van der Waals surface area contributed by atoms with E-state index in [-0.39, 0.29) is 29.5 Å². The van der Waals surface area contributed by atoms with Gasteiger partial charge in [0.25, 0.3) is 11.8 Å². The molecule has 0 bridgehead atoms. The lowest BCUT2D eigenvalue weighted by atomic mass is 10.0. The molecule has 1 saturated heterocycles. The topological polar surface area (TPSA) is 151 Å². The van der Waals surface area contributed by atoms with E-state index in [0.717, 1.165) is 4.90 Å². The third-order valence-electron chi connectivity index (χ3n) is 4.42. The van der Waals surface area contributed by atoms with E-state index >= 15 is 0 Å². The number of ether oxygens (including phenoxy) is 1. The van der Waals surface area contributed by atoms with Gasteiger partial charge in [0, 0.05) is 25.4 Å². The lowest BCUT2D eigenvalue weighted by Crippen LogP contribution is -2.71. The first-order chi connectivity index (χ1) is 14.8. The predicted molar refractivity (Wildman–Crippen MR) is 107 cm³/mol. The minimum absolute atomic E-state index is 0.149. The second kappa shape index (κ2) is 9.12. The minimum atomic E-state index is -1.32. The molecule has 0 unspecified atom stereocenters. The SMILES string of the molecule is CO/N=C(/C(=O)N[C@@H]1C(=O)N2C(C(=O)O)=C(COC(=O)N(C)C)CS[C@H]12)c1ccco1. The number of hydrogen-bond donors (Lipinski definition) is 2. The van der Waals surface area contributed by atoms with E-state index in [1.807, 2.05) is 0 Å². The predicted octanol–water partition coefficient (Wildman–Crippen LogP) is 0.0669. The van der Waals surface area contributed by atoms with Crippen LogP contribution in [0.2, 0.25) is 0 Å². The Bertz CT molecular complexity index is 956. The van der Waals surface area contributed by atoms with Crippen LogP contribution in [0.4, 0.5) is 4.79 Å². The largest absolute Gasteiger partial charge is 0.477 e. The molecule has 2 N–H and O–H groups in total. The Morgan fingerprint density at radius 3 is 2.74 bits per heavy atom. The molecule has 1 aromatic heterocycles. The highest BCUT2D eigenvalue weighted by molar-refractivity contribution is 8.00. The van der Waals surface area contributed by atoms with Crippen LogP contribution in [-0.4, -0.2) is 89.5 Å². The van der Waals surface area contributed by atoms with Crippen molar-refractivity contribution >= 4 is 41.4 Å². The molecule has 0 saturated carbocycles. The molecule has 3 heterocycles. The highest BCUT2D eigenvalue weighted by Gasteiger charge is 2.54. The summed E-state index contributed by atoms with van der Waals surface area (Å²) in [5, 5.41) is 15.2. The van der Waals surface area contributed by atoms with Crippen LogP contribution in [0.1, 0.15) is 5.76 Å². The number of oxime groups is 1. The zero-order valence-electron chi connectivity index (χ0n) is 16.9. The first-order valence-electron chi connectivity index (χ1n) is 8.96. The fourth-order valence-corrected chi connectivity index (χ4v) is 4.31. The Morgan fingerprint density at radius 1 is 1.42 bits per heavy atom. The van der Waals surface area contributed by atoms with E-state index in [2.05, 4.69) is 15.3 Å². The van der Waals surface area contributed by atoms with E-state index in [0.29, 0.717) is 5.57 Å². The Kier molecular flexibility index (Phi) is 6.53. The van der Waals surface area contributed by atoms with Crippen molar-refractivity contribution in [3.05, 3.63) is 35.4 Å². The molecular formula is C18H20N4O8S. The smallest absolute Gasteiger partial charge is 0.409 e. The number of aliphatic carboxylic acids is 1.